The summed E-state index contributed by atoms with van der Waals surface area (Å²) in [6, 6.07) is 11.2. The van der Waals surface area contributed by atoms with E-state index in [2.05, 4.69) is 4.98 Å². The zero-order chi connectivity index (χ0) is 12.5. The van der Waals surface area contributed by atoms with Crippen molar-refractivity contribution in [2.75, 3.05) is 7.11 Å². The third-order valence-corrected chi connectivity index (χ3v) is 3.09. The monoisotopic (exact) mass is 259 g/mol. The lowest BCUT2D eigenvalue weighted by Crippen LogP contribution is -1.82. The van der Waals surface area contributed by atoms with Gasteiger partial charge < -0.3 is 9.15 Å². The van der Waals surface area contributed by atoms with Gasteiger partial charge >= 0.3 is 0 Å². The van der Waals surface area contributed by atoms with Gasteiger partial charge in [0.15, 0.2) is 11.3 Å². The average Bonchev–Trinajstić information content (AvgIpc) is 2.77. The molecule has 3 nitrogen and oxygen atoms in total. The van der Waals surface area contributed by atoms with Crippen LogP contribution in [-0.4, -0.2) is 12.1 Å². The van der Waals surface area contributed by atoms with Crippen LogP contribution < -0.4 is 4.74 Å². The topological polar surface area (TPSA) is 35.3 Å². The normalized spacial score (nSPS) is 10.8. The second-order valence-electron chi connectivity index (χ2n) is 3.82. The van der Waals surface area contributed by atoms with E-state index in [4.69, 9.17) is 20.8 Å². The minimum Gasteiger partial charge on any atom is -0.497 e. The number of hydrogen-bond donors (Lipinski definition) is 0. The van der Waals surface area contributed by atoms with E-state index in [-0.39, 0.29) is 0 Å². The molecular formula is C14H10ClNO2. The Hall–Kier alpha value is -2.00. The number of aromatic nitrogens is 1. The Morgan fingerprint density at radius 1 is 1.17 bits per heavy atom. The van der Waals surface area contributed by atoms with Crippen LogP contribution in [0.5, 0.6) is 5.75 Å². The summed E-state index contributed by atoms with van der Waals surface area (Å²) in [4.78, 5) is 4.21. The summed E-state index contributed by atoms with van der Waals surface area (Å²) in [5, 5.41) is 0.538. The quantitative estimate of drug-likeness (QED) is 0.693. The fourth-order valence-corrected chi connectivity index (χ4v) is 2.12. The molecule has 4 heteroatoms. The highest BCUT2D eigenvalue weighted by atomic mass is 35.5. The highest BCUT2D eigenvalue weighted by Gasteiger charge is 2.14. The molecule has 1 aromatic carbocycles. The van der Waals surface area contributed by atoms with Crippen LogP contribution in [0.2, 0.25) is 5.02 Å². The molecule has 2 aromatic heterocycles. The zero-order valence-electron chi connectivity index (χ0n) is 9.68. The van der Waals surface area contributed by atoms with Crippen molar-refractivity contribution in [3.63, 3.8) is 0 Å². The highest BCUT2D eigenvalue weighted by molar-refractivity contribution is 6.37. The van der Waals surface area contributed by atoms with Crippen molar-refractivity contribution in [1.29, 1.82) is 0 Å². The first-order chi connectivity index (χ1) is 8.79. The molecule has 0 spiro atoms. The molecule has 0 aliphatic rings. The second kappa shape index (κ2) is 4.35. The van der Waals surface area contributed by atoms with Crippen LogP contribution in [0.1, 0.15) is 0 Å². The van der Waals surface area contributed by atoms with Gasteiger partial charge in [0, 0.05) is 11.8 Å². The first-order valence-corrected chi connectivity index (χ1v) is 5.85. The molecule has 18 heavy (non-hydrogen) atoms. The van der Waals surface area contributed by atoms with Crippen molar-refractivity contribution in [2.45, 2.75) is 0 Å². The van der Waals surface area contributed by atoms with Gasteiger partial charge in [0.05, 0.1) is 7.11 Å². The van der Waals surface area contributed by atoms with Crippen LogP contribution in [0, 0.1) is 0 Å². The van der Waals surface area contributed by atoms with Gasteiger partial charge in [0.1, 0.15) is 16.3 Å². The Morgan fingerprint density at radius 3 is 2.61 bits per heavy atom. The van der Waals surface area contributed by atoms with Gasteiger partial charge in [-0.15, -0.1) is 0 Å². The molecule has 3 aromatic rings. The van der Waals surface area contributed by atoms with E-state index in [1.807, 2.05) is 36.4 Å². The number of hydrogen-bond acceptors (Lipinski definition) is 3. The zero-order valence-corrected chi connectivity index (χ0v) is 10.4. The molecular weight excluding hydrogens is 250 g/mol. The molecule has 0 aliphatic heterocycles. The summed E-state index contributed by atoms with van der Waals surface area (Å²) in [5.74, 6) is 1.43. The molecule has 3 rings (SSSR count). The van der Waals surface area contributed by atoms with Crippen LogP contribution in [0.3, 0.4) is 0 Å². The van der Waals surface area contributed by atoms with E-state index in [0.29, 0.717) is 21.9 Å². The number of fused-ring (bicyclic) bond motifs is 1. The summed E-state index contributed by atoms with van der Waals surface area (Å²) in [5.41, 5.74) is 2.28. The first kappa shape index (κ1) is 11.1. The predicted molar refractivity (Wildman–Crippen MR) is 71.0 cm³/mol. The van der Waals surface area contributed by atoms with E-state index in [1.54, 1.807) is 13.3 Å². The maximum absolute atomic E-state index is 6.28. The van der Waals surface area contributed by atoms with Crippen molar-refractivity contribution in [2.24, 2.45) is 0 Å². The highest BCUT2D eigenvalue weighted by Crippen LogP contribution is 2.36. The third-order valence-electron chi connectivity index (χ3n) is 2.74. The van der Waals surface area contributed by atoms with Crippen molar-refractivity contribution >= 4 is 22.7 Å². The Balaban J connectivity index is 2.15. The minimum atomic E-state index is 0.538. The maximum Gasteiger partial charge on any atom is 0.155 e. The Bertz CT molecular complexity index is 689. The van der Waals surface area contributed by atoms with Gasteiger partial charge in [0.2, 0.25) is 0 Å². The van der Waals surface area contributed by atoms with E-state index in [0.717, 1.165) is 11.3 Å². The Labute approximate surface area is 109 Å². The van der Waals surface area contributed by atoms with Crippen molar-refractivity contribution in [3.05, 3.63) is 47.6 Å². The number of pyridine rings is 1. The van der Waals surface area contributed by atoms with Gasteiger partial charge in [0.25, 0.3) is 0 Å². The largest absolute Gasteiger partial charge is 0.497 e. The molecule has 0 atom stereocenters. The van der Waals surface area contributed by atoms with E-state index in [9.17, 15) is 0 Å². The lowest BCUT2D eigenvalue weighted by Gasteiger charge is -2.00. The van der Waals surface area contributed by atoms with E-state index >= 15 is 0 Å². The molecule has 2 heterocycles. The lowest BCUT2D eigenvalue weighted by atomic mass is 10.1. The molecule has 90 valence electrons. The standard InChI is InChI=1S/C14H10ClNO2/c1-17-10-6-4-9(5-7-10)14-12(15)13-11(18-14)3-2-8-16-13/h2-8H,1H3. The van der Waals surface area contributed by atoms with Crippen LogP contribution in [0.25, 0.3) is 22.4 Å². The number of halogens is 1. The van der Waals surface area contributed by atoms with Gasteiger partial charge in [-0.25, -0.2) is 0 Å². The number of furan rings is 1. The van der Waals surface area contributed by atoms with E-state index < -0.39 is 0 Å². The molecule has 0 amide bonds. The lowest BCUT2D eigenvalue weighted by molar-refractivity contribution is 0.415. The fraction of sp³-hybridized carbons (Fsp3) is 0.0714. The molecule has 0 fully saturated rings. The maximum atomic E-state index is 6.28. The fourth-order valence-electron chi connectivity index (χ4n) is 1.83. The van der Waals surface area contributed by atoms with Crippen LogP contribution in [0.4, 0.5) is 0 Å². The molecule has 0 unspecified atom stereocenters. The number of methoxy groups -OCH3 is 1. The van der Waals surface area contributed by atoms with Crippen molar-refractivity contribution in [3.8, 4) is 17.1 Å². The molecule has 0 radical (unpaired) electrons. The first-order valence-electron chi connectivity index (χ1n) is 5.47. The van der Waals surface area contributed by atoms with E-state index in [1.165, 1.54) is 0 Å². The number of rotatable bonds is 2. The number of ether oxygens (including phenoxy) is 1. The summed E-state index contributed by atoms with van der Waals surface area (Å²) in [6.07, 6.45) is 1.70. The molecule has 0 bridgehead atoms. The van der Waals surface area contributed by atoms with Crippen LogP contribution in [0.15, 0.2) is 47.0 Å². The Kier molecular flexibility index (Phi) is 2.68. The molecule has 0 aliphatic carbocycles. The summed E-state index contributed by atoms with van der Waals surface area (Å²) in [6.45, 7) is 0. The van der Waals surface area contributed by atoms with Crippen LogP contribution >= 0.6 is 11.6 Å². The number of benzene rings is 1. The third kappa shape index (κ3) is 1.73. The SMILES string of the molecule is COc1ccc(-c2oc3cccnc3c2Cl)cc1. The molecule has 0 N–H and O–H groups in total. The summed E-state index contributed by atoms with van der Waals surface area (Å²) >= 11 is 6.28. The van der Waals surface area contributed by atoms with Crippen LogP contribution in [-0.2, 0) is 0 Å². The Morgan fingerprint density at radius 2 is 1.94 bits per heavy atom. The molecule has 0 saturated heterocycles. The summed E-state index contributed by atoms with van der Waals surface area (Å²) < 4.78 is 10.8. The number of nitrogens with zero attached hydrogens (tertiary/aromatic N) is 1. The minimum absolute atomic E-state index is 0.538. The van der Waals surface area contributed by atoms with Gasteiger partial charge in [-0.2, -0.15) is 0 Å². The van der Waals surface area contributed by atoms with Gasteiger partial charge in [-0.3, -0.25) is 4.98 Å². The van der Waals surface area contributed by atoms with Gasteiger partial charge in [-0.05, 0) is 36.4 Å². The second-order valence-corrected chi connectivity index (χ2v) is 4.20. The molecule has 0 saturated carbocycles. The predicted octanol–water partition coefficient (Wildman–Crippen LogP) is 4.16. The van der Waals surface area contributed by atoms with Crippen molar-refractivity contribution < 1.29 is 9.15 Å². The average molecular weight is 260 g/mol. The smallest absolute Gasteiger partial charge is 0.155 e. The summed E-state index contributed by atoms with van der Waals surface area (Å²) in [7, 11) is 1.63. The van der Waals surface area contributed by atoms with Crippen molar-refractivity contribution in [1.82, 2.24) is 4.98 Å². The van der Waals surface area contributed by atoms with Gasteiger partial charge in [-0.1, -0.05) is 11.6 Å².